The van der Waals surface area contributed by atoms with E-state index in [-0.39, 0.29) is 12.5 Å². The van der Waals surface area contributed by atoms with Crippen molar-refractivity contribution < 1.29 is 14.3 Å². The second kappa shape index (κ2) is 10.7. The lowest BCUT2D eigenvalue weighted by Crippen LogP contribution is -2.46. The Morgan fingerprint density at radius 3 is 2.43 bits per heavy atom. The Kier molecular flexibility index (Phi) is 7.70. The van der Waals surface area contributed by atoms with Crippen LogP contribution in [-0.2, 0) is 9.53 Å². The molecule has 1 aliphatic heterocycles. The van der Waals surface area contributed by atoms with Crippen LogP contribution in [0.1, 0.15) is 6.92 Å². The third-order valence-corrected chi connectivity index (χ3v) is 4.81. The molecule has 0 saturated carbocycles. The lowest BCUT2D eigenvalue weighted by atomic mass is 10.2. The van der Waals surface area contributed by atoms with E-state index >= 15 is 0 Å². The zero-order valence-electron chi connectivity index (χ0n) is 16.5. The van der Waals surface area contributed by atoms with Gasteiger partial charge in [-0.25, -0.2) is 0 Å². The Balaban J connectivity index is 1.43. The van der Waals surface area contributed by atoms with Gasteiger partial charge >= 0.3 is 0 Å². The van der Waals surface area contributed by atoms with Gasteiger partial charge in [0, 0.05) is 26.2 Å². The Hall–Kier alpha value is -2.57. The van der Waals surface area contributed by atoms with Crippen LogP contribution in [0.25, 0.3) is 0 Å². The van der Waals surface area contributed by atoms with Crippen molar-refractivity contribution >= 4 is 17.3 Å². The van der Waals surface area contributed by atoms with Gasteiger partial charge < -0.3 is 24.6 Å². The molecule has 0 atom stereocenters. The zero-order chi connectivity index (χ0) is 19.6. The van der Waals surface area contributed by atoms with Crippen LogP contribution < -0.4 is 15.0 Å². The van der Waals surface area contributed by atoms with Crippen molar-refractivity contribution in [3.8, 4) is 5.75 Å². The van der Waals surface area contributed by atoms with E-state index in [4.69, 9.17) is 9.47 Å². The maximum absolute atomic E-state index is 12.3. The summed E-state index contributed by atoms with van der Waals surface area (Å²) < 4.78 is 11.0. The number of para-hydroxylation sites is 3. The van der Waals surface area contributed by atoms with Crippen LogP contribution in [-0.4, -0.2) is 63.4 Å². The van der Waals surface area contributed by atoms with E-state index in [2.05, 4.69) is 28.1 Å². The second-order valence-corrected chi connectivity index (χ2v) is 6.70. The van der Waals surface area contributed by atoms with Gasteiger partial charge in [0.05, 0.1) is 18.0 Å². The first-order valence-electron chi connectivity index (χ1n) is 9.88. The highest BCUT2D eigenvalue weighted by Gasteiger charge is 2.18. The van der Waals surface area contributed by atoms with Crippen LogP contribution in [0.4, 0.5) is 11.4 Å². The Labute approximate surface area is 167 Å². The number of likely N-dealkylation sites (N-methyl/N-ethyl adjacent to an activating group) is 1. The van der Waals surface area contributed by atoms with Gasteiger partial charge in [0.15, 0.2) is 0 Å². The molecule has 0 bridgehead atoms. The van der Waals surface area contributed by atoms with Gasteiger partial charge in [-0.05, 0) is 30.8 Å². The highest BCUT2D eigenvalue weighted by atomic mass is 16.5. The second-order valence-electron chi connectivity index (χ2n) is 6.70. The van der Waals surface area contributed by atoms with Gasteiger partial charge in [0.2, 0.25) is 5.91 Å². The molecule has 0 aromatic heterocycles. The molecular weight excluding hydrogens is 354 g/mol. The lowest BCUT2D eigenvalue weighted by molar-refractivity contribution is -0.120. The molecule has 1 N–H and O–H groups in total. The summed E-state index contributed by atoms with van der Waals surface area (Å²) in [5.74, 6) is 0.645. The Bertz CT molecular complexity index is 731. The highest BCUT2D eigenvalue weighted by Crippen LogP contribution is 2.26. The van der Waals surface area contributed by atoms with Gasteiger partial charge in [-0.1, -0.05) is 37.3 Å². The van der Waals surface area contributed by atoms with Crippen LogP contribution in [0.2, 0.25) is 0 Å². The molecule has 0 unspecified atom stereocenters. The summed E-state index contributed by atoms with van der Waals surface area (Å²) in [7, 11) is 0. The molecule has 0 spiro atoms. The number of carbonyl (C=O) groups is 1. The smallest absolute Gasteiger partial charge is 0.250 e. The van der Waals surface area contributed by atoms with Crippen LogP contribution in [0.5, 0.6) is 5.75 Å². The minimum atomic E-state index is -0.153. The molecule has 3 rings (SSSR count). The normalized spacial score (nSPS) is 14.7. The number of ether oxygens (including phenoxy) is 2. The molecule has 0 aliphatic carbocycles. The van der Waals surface area contributed by atoms with E-state index in [9.17, 15) is 4.79 Å². The first-order chi connectivity index (χ1) is 13.8. The minimum Gasteiger partial charge on any atom is -0.491 e. The number of nitrogens with zero attached hydrogens (tertiary/aromatic N) is 2. The van der Waals surface area contributed by atoms with Crippen molar-refractivity contribution in [2.45, 2.75) is 6.92 Å². The maximum atomic E-state index is 12.3. The summed E-state index contributed by atoms with van der Waals surface area (Å²) in [4.78, 5) is 17.0. The van der Waals surface area contributed by atoms with Crippen molar-refractivity contribution in [2.24, 2.45) is 0 Å². The molecule has 0 radical (unpaired) electrons. The van der Waals surface area contributed by atoms with Gasteiger partial charge in [-0.3, -0.25) is 4.79 Å². The first kappa shape index (κ1) is 20.2. The summed E-state index contributed by atoms with van der Waals surface area (Å²) >= 11 is 0. The summed E-state index contributed by atoms with van der Waals surface area (Å²) in [5.41, 5.74) is 1.90. The van der Waals surface area contributed by atoms with Gasteiger partial charge in [0.25, 0.3) is 0 Å². The standard InChI is InChI=1S/C22H29N3O3/c1-2-24-12-14-25(15-13-24)21-11-7-6-10-20(21)23-22(26)18-27-16-17-28-19-8-4-3-5-9-19/h3-11H,2,12-18H2,1H3,(H,23,26). The Morgan fingerprint density at radius 2 is 1.68 bits per heavy atom. The molecule has 1 saturated heterocycles. The molecule has 1 heterocycles. The van der Waals surface area contributed by atoms with Crippen LogP contribution in [0.3, 0.4) is 0 Å². The van der Waals surface area contributed by atoms with E-state index in [1.165, 1.54) is 0 Å². The van der Waals surface area contributed by atoms with Crippen LogP contribution in [0.15, 0.2) is 54.6 Å². The van der Waals surface area contributed by atoms with Gasteiger partial charge in [0.1, 0.15) is 19.0 Å². The van der Waals surface area contributed by atoms with Crippen LogP contribution in [0, 0.1) is 0 Å². The summed E-state index contributed by atoms with van der Waals surface area (Å²) in [6.45, 7) is 8.08. The number of amides is 1. The molecule has 150 valence electrons. The molecule has 2 aromatic carbocycles. The molecule has 1 aliphatic rings. The largest absolute Gasteiger partial charge is 0.491 e. The molecule has 2 aromatic rings. The van der Waals surface area contributed by atoms with E-state index in [0.717, 1.165) is 49.8 Å². The zero-order valence-corrected chi connectivity index (χ0v) is 16.5. The number of hydrogen-bond donors (Lipinski definition) is 1. The van der Waals surface area contributed by atoms with E-state index in [0.29, 0.717) is 13.2 Å². The number of piperazine rings is 1. The van der Waals surface area contributed by atoms with E-state index in [1.807, 2.05) is 48.5 Å². The predicted molar refractivity (Wildman–Crippen MR) is 112 cm³/mol. The Morgan fingerprint density at radius 1 is 0.964 bits per heavy atom. The fourth-order valence-electron chi connectivity index (χ4n) is 3.25. The monoisotopic (exact) mass is 383 g/mol. The average molecular weight is 383 g/mol. The maximum Gasteiger partial charge on any atom is 0.250 e. The molecular formula is C22H29N3O3. The molecule has 1 amide bonds. The van der Waals surface area contributed by atoms with Crippen molar-refractivity contribution in [1.82, 2.24) is 4.90 Å². The minimum absolute atomic E-state index is 0.0100. The number of carbonyl (C=O) groups excluding carboxylic acids is 1. The number of hydrogen-bond acceptors (Lipinski definition) is 5. The fourth-order valence-corrected chi connectivity index (χ4v) is 3.25. The number of rotatable bonds is 9. The lowest BCUT2D eigenvalue weighted by Gasteiger charge is -2.36. The quantitative estimate of drug-likeness (QED) is 0.675. The van der Waals surface area contributed by atoms with Crippen molar-refractivity contribution in [2.75, 3.05) is 62.8 Å². The van der Waals surface area contributed by atoms with Crippen molar-refractivity contribution in [3.05, 3.63) is 54.6 Å². The summed E-state index contributed by atoms with van der Waals surface area (Å²) in [6, 6.07) is 17.5. The van der Waals surface area contributed by atoms with Crippen molar-refractivity contribution in [1.29, 1.82) is 0 Å². The van der Waals surface area contributed by atoms with E-state index < -0.39 is 0 Å². The van der Waals surface area contributed by atoms with Crippen LogP contribution >= 0.6 is 0 Å². The number of benzene rings is 2. The van der Waals surface area contributed by atoms with Gasteiger partial charge in [-0.2, -0.15) is 0 Å². The molecule has 6 nitrogen and oxygen atoms in total. The molecule has 6 heteroatoms. The topological polar surface area (TPSA) is 54.0 Å². The number of anilines is 2. The fraction of sp³-hybridized carbons (Fsp3) is 0.409. The predicted octanol–water partition coefficient (Wildman–Crippen LogP) is 2.86. The molecule has 28 heavy (non-hydrogen) atoms. The average Bonchev–Trinajstić information content (AvgIpc) is 2.75. The molecule has 1 fully saturated rings. The first-order valence-corrected chi connectivity index (χ1v) is 9.88. The van der Waals surface area contributed by atoms with Gasteiger partial charge in [-0.15, -0.1) is 0 Å². The third-order valence-electron chi connectivity index (χ3n) is 4.81. The third kappa shape index (κ3) is 5.97. The number of nitrogens with one attached hydrogen (secondary N) is 1. The van der Waals surface area contributed by atoms with Crippen molar-refractivity contribution in [3.63, 3.8) is 0 Å². The summed E-state index contributed by atoms with van der Waals surface area (Å²) in [5, 5.41) is 2.98. The summed E-state index contributed by atoms with van der Waals surface area (Å²) in [6.07, 6.45) is 0. The van der Waals surface area contributed by atoms with E-state index in [1.54, 1.807) is 0 Å². The highest BCUT2D eigenvalue weighted by molar-refractivity contribution is 5.95. The SMILES string of the molecule is CCN1CCN(c2ccccc2NC(=O)COCCOc2ccccc2)CC1.